The molecule has 0 atom stereocenters. The normalized spacial score (nSPS) is 11.1. The van der Waals surface area contributed by atoms with Gasteiger partial charge in [0.15, 0.2) is 0 Å². The molecule has 7 heteroatoms. The number of aliphatic carboxylic acids is 1. The van der Waals surface area contributed by atoms with Crippen molar-refractivity contribution in [1.82, 2.24) is 20.2 Å². The van der Waals surface area contributed by atoms with Crippen LogP contribution in [0.15, 0.2) is 12.4 Å². The molecule has 0 bridgehead atoms. The molecule has 7 nitrogen and oxygen atoms in total. The summed E-state index contributed by atoms with van der Waals surface area (Å²) in [5, 5.41) is 11.4. The van der Waals surface area contributed by atoms with E-state index in [-0.39, 0.29) is 12.5 Å². The van der Waals surface area contributed by atoms with E-state index in [4.69, 9.17) is 5.11 Å². The zero-order valence-electron chi connectivity index (χ0n) is 10.7. The molecule has 0 radical (unpaired) electrons. The van der Waals surface area contributed by atoms with Gasteiger partial charge in [-0.05, 0) is 13.8 Å². The second kappa shape index (κ2) is 5.52. The fourth-order valence-corrected chi connectivity index (χ4v) is 1.49. The van der Waals surface area contributed by atoms with Crippen LogP contribution in [0.25, 0.3) is 0 Å². The molecule has 0 unspecified atom stereocenters. The van der Waals surface area contributed by atoms with Gasteiger partial charge in [-0.2, -0.15) is 0 Å². The lowest BCUT2D eigenvalue weighted by Crippen LogP contribution is -2.49. The van der Waals surface area contributed by atoms with Crippen LogP contribution in [-0.4, -0.2) is 44.6 Å². The van der Waals surface area contributed by atoms with E-state index < -0.39 is 11.5 Å². The van der Waals surface area contributed by atoms with E-state index in [2.05, 4.69) is 15.3 Å². The van der Waals surface area contributed by atoms with Crippen LogP contribution in [0.4, 0.5) is 4.79 Å². The molecule has 0 aromatic carbocycles. The zero-order valence-corrected chi connectivity index (χ0v) is 10.7. The molecule has 0 aliphatic heterocycles. The van der Waals surface area contributed by atoms with Crippen LogP contribution in [0.5, 0.6) is 0 Å². The summed E-state index contributed by atoms with van der Waals surface area (Å²) in [5.74, 6) is -0.280. The lowest BCUT2D eigenvalue weighted by atomic mass is 10.0. The van der Waals surface area contributed by atoms with Crippen molar-refractivity contribution < 1.29 is 14.7 Å². The minimum atomic E-state index is -0.950. The van der Waals surface area contributed by atoms with E-state index in [0.717, 1.165) is 0 Å². The molecule has 1 rings (SSSR count). The maximum Gasteiger partial charge on any atom is 0.317 e. The van der Waals surface area contributed by atoms with E-state index in [1.807, 2.05) is 0 Å². The number of carboxylic acid groups (broad SMARTS) is 1. The molecule has 1 aromatic heterocycles. The molecule has 0 saturated heterocycles. The Balaban J connectivity index is 2.51. The topological polar surface area (TPSA) is 98.3 Å². The highest BCUT2D eigenvalue weighted by Crippen LogP contribution is 2.09. The van der Waals surface area contributed by atoms with Crippen LogP contribution in [0.1, 0.15) is 26.1 Å². The Hall–Kier alpha value is -2.05. The summed E-state index contributed by atoms with van der Waals surface area (Å²) in [4.78, 5) is 30.8. The molecule has 3 N–H and O–H groups in total. The highest BCUT2D eigenvalue weighted by Gasteiger charge is 2.25. The maximum atomic E-state index is 11.8. The van der Waals surface area contributed by atoms with Crippen LogP contribution >= 0.6 is 0 Å². The molecular weight excluding hydrogens is 236 g/mol. The van der Waals surface area contributed by atoms with Gasteiger partial charge in [0, 0.05) is 25.0 Å². The van der Waals surface area contributed by atoms with Crippen LogP contribution < -0.4 is 5.32 Å². The summed E-state index contributed by atoms with van der Waals surface area (Å²) in [7, 11) is 1.62. The second-order valence-corrected chi connectivity index (χ2v) is 4.78. The van der Waals surface area contributed by atoms with Gasteiger partial charge in [0.2, 0.25) is 0 Å². The number of carbonyl (C=O) groups is 2. The number of rotatable bonds is 5. The fraction of sp³-hybridized carbons (Fsp3) is 0.545. The number of imidazole rings is 1. The van der Waals surface area contributed by atoms with Gasteiger partial charge in [0.1, 0.15) is 5.82 Å². The van der Waals surface area contributed by atoms with Gasteiger partial charge in [-0.3, -0.25) is 4.79 Å². The quantitative estimate of drug-likeness (QED) is 0.724. The summed E-state index contributed by atoms with van der Waals surface area (Å²) in [6.07, 6.45) is 3.15. The molecule has 0 aliphatic rings. The third kappa shape index (κ3) is 4.44. The smallest absolute Gasteiger partial charge is 0.317 e. The summed E-state index contributed by atoms with van der Waals surface area (Å²) in [5.41, 5.74) is -0.791. The summed E-state index contributed by atoms with van der Waals surface area (Å²) >= 11 is 0. The number of nitrogens with one attached hydrogen (secondary N) is 2. The molecule has 1 heterocycles. The van der Waals surface area contributed by atoms with Crippen LogP contribution in [0.3, 0.4) is 0 Å². The number of urea groups is 1. The first kappa shape index (κ1) is 14.0. The van der Waals surface area contributed by atoms with Gasteiger partial charge in [-0.1, -0.05) is 0 Å². The van der Waals surface area contributed by atoms with E-state index in [9.17, 15) is 9.59 Å². The Kier molecular flexibility index (Phi) is 4.30. The molecule has 0 aliphatic carbocycles. The van der Waals surface area contributed by atoms with Crippen LogP contribution in [0.2, 0.25) is 0 Å². The van der Waals surface area contributed by atoms with Crippen LogP contribution in [0, 0.1) is 0 Å². The van der Waals surface area contributed by atoms with Crippen molar-refractivity contribution in [3.63, 3.8) is 0 Å². The van der Waals surface area contributed by atoms with E-state index in [1.54, 1.807) is 33.3 Å². The Labute approximate surface area is 105 Å². The Morgan fingerprint density at radius 1 is 1.56 bits per heavy atom. The van der Waals surface area contributed by atoms with Gasteiger partial charge in [0.05, 0.1) is 13.0 Å². The molecule has 2 amide bonds. The Morgan fingerprint density at radius 3 is 2.72 bits per heavy atom. The Morgan fingerprint density at radius 2 is 2.22 bits per heavy atom. The minimum Gasteiger partial charge on any atom is -0.481 e. The molecule has 18 heavy (non-hydrogen) atoms. The SMILES string of the molecule is CN(Cc1ncc[nH]1)C(=O)NC(C)(C)CC(=O)O. The number of aromatic nitrogens is 2. The number of H-pyrrole nitrogens is 1. The molecule has 0 spiro atoms. The third-order valence-electron chi connectivity index (χ3n) is 2.33. The lowest BCUT2D eigenvalue weighted by molar-refractivity contribution is -0.138. The van der Waals surface area contributed by atoms with Gasteiger partial charge in [-0.25, -0.2) is 9.78 Å². The van der Waals surface area contributed by atoms with Crippen LogP contribution in [-0.2, 0) is 11.3 Å². The molecule has 0 saturated carbocycles. The van der Waals surface area contributed by atoms with Crippen molar-refractivity contribution >= 4 is 12.0 Å². The lowest BCUT2D eigenvalue weighted by Gasteiger charge is -2.27. The average molecular weight is 254 g/mol. The number of hydrogen-bond acceptors (Lipinski definition) is 3. The van der Waals surface area contributed by atoms with E-state index >= 15 is 0 Å². The first-order chi connectivity index (χ1) is 8.30. The number of carbonyl (C=O) groups excluding carboxylic acids is 1. The van der Waals surface area contributed by atoms with Crippen molar-refractivity contribution in [2.45, 2.75) is 32.4 Å². The number of amides is 2. The first-order valence-electron chi connectivity index (χ1n) is 5.53. The maximum absolute atomic E-state index is 11.8. The van der Waals surface area contributed by atoms with Crippen molar-refractivity contribution in [3.05, 3.63) is 18.2 Å². The summed E-state index contributed by atoms with van der Waals surface area (Å²) in [6, 6.07) is -0.336. The average Bonchev–Trinajstić information content (AvgIpc) is 2.67. The number of carboxylic acids is 1. The molecule has 1 aromatic rings. The number of aromatic amines is 1. The van der Waals surface area contributed by atoms with Gasteiger partial charge in [0.25, 0.3) is 0 Å². The second-order valence-electron chi connectivity index (χ2n) is 4.78. The highest BCUT2D eigenvalue weighted by atomic mass is 16.4. The van der Waals surface area contributed by atoms with Crippen molar-refractivity contribution in [2.75, 3.05) is 7.05 Å². The van der Waals surface area contributed by atoms with Gasteiger partial charge >= 0.3 is 12.0 Å². The largest absolute Gasteiger partial charge is 0.481 e. The highest BCUT2D eigenvalue weighted by molar-refractivity contribution is 5.76. The van der Waals surface area contributed by atoms with Crippen molar-refractivity contribution in [1.29, 1.82) is 0 Å². The summed E-state index contributed by atoms with van der Waals surface area (Å²) in [6.45, 7) is 3.67. The zero-order chi connectivity index (χ0) is 13.8. The third-order valence-corrected chi connectivity index (χ3v) is 2.33. The molecule has 100 valence electrons. The van der Waals surface area contributed by atoms with Gasteiger partial charge in [-0.15, -0.1) is 0 Å². The van der Waals surface area contributed by atoms with Crippen molar-refractivity contribution in [2.24, 2.45) is 0 Å². The predicted molar refractivity (Wildman–Crippen MR) is 64.9 cm³/mol. The fourth-order valence-electron chi connectivity index (χ4n) is 1.49. The standard InChI is InChI=1S/C11H18N4O3/c1-11(2,6-9(16)17)14-10(18)15(3)7-8-12-4-5-13-8/h4-5H,6-7H2,1-3H3,(H,12,13)(H,14,18)(H,16,17). The van der Waals surface area contributed by atoms with Gasteiger partial charge < -0.3 is 20.3 Å². The number of hydrogen-bond donors (Lipinski definition) is 3. The molecular formula is C11H18N4O3. The minimum absolute atomic E-state index is 0.132. The molecule has 0 fully saturated rings. The Bertz CT molecular complexity index is 414. The van der Waals surface area contributed by atoms with E-state index in [1.165, 1.54) is 4.90 Å². The number of nitrogens with zero attached hydrogens (tertiary/aromatic N) is 2. The monoisotopic (exact) mass is 254 g/mol. The van der Waals surface area contributed by atoms with Crippen molar-refractivity contribution in [3.8, 4) is 0 Å². The van der Waals surface area contributed by atoms with E-state index in [0.29, 0.717) is 12.4 Å². The summed E-state index contributed by atoms with van der Waals surface area (Å²) < 4.78 is 0. The first-order valence-corrected chi connectivity index (χ1v) is 5.53. The predicted octanol–water partition coefficient (Wildman–Crippen LogP) is 0.804.